The zero-order chi connectivity index (χ0) is 17.3. The fraction of sp³-hybridized carbons (Fsp3) is 0.412. The number of halogens is 1. The van der Waals surface area contributed by atoms with E-state index in [1.54, 1.807) is 6.20 Å². The SMILES string of the molecule is CN(C)CCCC1=NC2=C(CC=C1Cl)C(=O)Cc1cnc(N)nc12. The zero-order valence-corrected chi connectivity index (χ0v) is 14.6. The second kappa shape index (κ2) is 6.83. The molecule has 0 amide bonds. The van der Waals surface area contributed by atoms with Crippen molar-refractivity contribution in [2.75, 3.05) is 26.4 Å². The van der Waals surface area contributed by atoms with E-state index in [0.717, 1.165) is 30.7 Å². The quantitative estimate of drug-likeness (QED) is 0.904. The molecule has 7 heteroatoms. The molecule has 6 nitrogen and oxygen atoms in total. The molecule has 0 aromatic carbocycles. The van der Waals surface area contributed by atoms with Crippen molar-refractivity contribution in [1.29, 1.82) is 0 Å². The van der Waals surface area contributed by atoms with Gasteiger partial charge in [0.1, 0.15) is 0 Å². The van der Waals surface area contributed by atoms with Gasteiger partial charge < -0.3 is 10.6 Å². The van der Waals surface area contributed by atoms with Crippen LogP contribution >= 0.6 is 11.6 Å². The first-order valence-corrected chi connectivity index (χ1v) is 8.30. The molecule has 0 atom stereocenters. The average molecular weight is 346 g/mol. The zero-order valence-electron chi connectivity index (χ0n) is 13.8. The van der Waals surface area contributed by atoms with Crippen molar-refractivity contribution in [2.45, 2.75) is 25.7 Å². The summed E-state index contributed by atoms with van der Waals surface area (Å²) in [6.45, 7) is 0.944. The first-order chi connectivity index (χ1) is 11.5. The molecular formula is C17H20ClN5O. The Morgan fingerprint density at radius 3 is 2.92 bits per heavy atom. The number of anilines is 1. The van der Waals surface area contributed by atoms with E-state index >= 15 is 0 Å². The molecule has 24 heavy (non-hydrogen) atoms. The highest BCUT2D eigenvalue weighted by Crippen LogP contribution is 2.34. The lowest BCUT2D eigenvalue weighted by Gasteiger charge is -2.18. The Morgan fingerprint density at radius 1 is 1.38 bits per heavy atom. The van der Waals surface area contributed by atoms with Crippen LogP contribution in [0.25, 0.3) is 5.70 Å². The van der Waals surface area contributed by atoms with Gasteiger partial charge in [-0.15, -0.1) is 0 Å². The topological polar surface area (TPSA) is 84.5 Å². The number of rotatable bonds is 4. The lowest BCUT2D eigenvalue weighted by molar-refractivity contribution is -0.115. The van der Waals surface area contributed by atoms with E-state index in [1.165, 1.54) is 0 Å². The number of Topliss-reactive ketones (excluding diaryl/α,β-unsaturated/α-hetero) is 1. The van der Waals surface area contributed by atoms with Crippen molar-refractivity contribution < 1.29 is 4.79 Å². The Hall–Kier alpha value is -2.05. The summed E-state index contributed by atoms with van der Waals surface area (Å²) in [4.78, 5) is 27.6. The molecule has 0 fully saturated rings. The Balaban J connectivity index is 2.01. The van der Waals surface area contributed by atoms with Crippen LogP contribution in [0.3, 0.4) is 0 Å². The molecule has 0 radical (unpaired) electrons. The van der Waals surface area contributed by atoms with Gasteiger partial charge in [-0.1, -0.05) is 17.7 Å². The molecule has 1 aliphatic carbocycles. The van der Waals surface area contributed by atoms with Crippen molar-refractivity contribution >= 4 is 34.7 Å². The van der Waals surface area contributed by atoms with Crippen LogP contribution in [0, 0.1) is 0 Å². The van der Waals surface area contributed by atoms with Crippen LogP contribution in [0.4, 0.5) is 5.95 Å². The van der Waals surface area contributed by atoms with Crippen molar-refractivity contribution in [3.8, 4) is 0 Å². The van der Waals surface area contributed by atoms with Gasteiger partial charge in [-0.25, -0.2) is 15.0 Å². The number of ketones is 1. The van der Waals surface area contributed by atoms with Crippen LogP contribution in [0.15, 0.2) is 27.9 Å². The van der Waals surface area contributed by atoms with Crippen LogP contribution in [-0.2, 0) is 11.2 Å². The fourth-order valence-electron chi connectivity index (χ4n) is 2.88. The van der Waals surface area contributed by atoms with Gasteiger partial charge >= 0.3 is 0 Å². The van der Waals surface area contributed by atoms with Crippen LogP contribution in [0.1, 0.15) is 30.5 Å². The van der Waals surface area contributed by atoms with Crippen LogP contribution in [-0.4, -0.2) is 47.0 Å². The Bertz CT molecular complexity index is 779. The molecule has 0 saturated carbocycles. The number of hydrogen-bond acceptors (Lipinski definition) is 6. The number of aliphatic imine (C=N–C) groups is 1. The second-order valence-electron chi connectivity index (χ2n) is 6.25. The number of hydrogen-bond donors (Lipinski definition) is 1. The molecule has 1 aromatic heterocycles. The molecule has 0 unspecified atom stereocenters. The van der Waals surface area contributed by atoms with Crippen LogP contribution < -0.4 is 5.73 Å². The number of allylic oxidation sites excluding steroid dienone is 3. The van der Waals surface area contributed by atoms with E-state index in [0.29, 0.717) is 28.4 Å². The third-order valence-electron chi connectivity index (χ3n) is 4.11. The minimum Gasteiger partial charge on any atom is -0.368 e. The van der Waals surface area contributed by atoms with Crippen molar-refractivity contribution in [1.82, 2.24) is 14.9 Å². The summed E-state index contributed by atoms with van der Waals surface area (Å²) in [7, 11) is 4.06. The van der Waals surface area contributed by atoms with E-state index in [-0.39, 0.29) is 18.2 Å². The van der Waals surface area contributed by atoms with Gasteiger partial charge in [-0.3, -0.25) is 4.79 Å². The fourth-order valence-corrected chi connectivity index (χ4v) is 3.09. The molecule has 3 rings (SSSR count). The predicted molar refractivity (Wildman–Crippen MR) is 95.9 cm³/mol. The maximum atomic E-state index is 12.5. The maximum Gasteiger partial charge on any atom is 0.220 e. The average Bonchev–Trinajstić information content (AvgIpc) is 2.68. The predicted octanol–water partition coefficient (Wildman–Crippen LogP) is 2.20. The summed E-state index contributed by atoms with van der Waals surface area (Å²) in [5.74, 6) is 0.229. The van der Waals surface area contributed by atoms with Gasteiger partial charge in [0, 0.05) is 23.8 Å². The van der Waals surface area contributed by atoms with E-state index < -0.39 is 0 Å². The molecule has 2 N–H and O–H groups in total. The number of nitrogens with two attached hydrogens (primary N) is 1. The van der Waals surface area contributed by atoms with Crippen molar-refractivity contribution in [2.24, 2.45) is 4.99 Å². The molecule has 1 aromatic rings. The highest BCUT2D eigenvalue weighted by atomic mass is 35.5. The second-order valence-corrected chi connectivity index (χ2v) is 6.66. The van der Waals surface area contributed by atoms with E-state index in [2.05, 4.69) is 14.9 Å². The number of nitrogens with zero attached hydrogens (tertiary/aromatic N) is 4. The standard InChI is InChI=1S/C17H20ClN5O/c1-23(2)7-3-4-13-12(18)6-5-11-14(24)8-10-9-20-17(19)22-15(10)16(11)21-13/h6,9H,3-5,7-8H2,1-2H3,(H2,19,20,22). The number of carbonyl (C=O) groups excluding carboxylic acids is 1. The summed E-state index contributed by atoms with van der Waals surface area (Å²) in [5, 5.41) is 0.611. The molecule has 0 spiro atoms. The van der Waals surface area contributed by atoms with Gasteiger partial charge in [0.05, 0.1) is 22.1 Å². The van der Waals surface area contributed by atoms with Gasteiger partial charge in [-0.05, 0) is 39.9 Å². The van der Waals surface area contributed by atoms with Crippen molar-refractivity contribution in [3.63, 3.8) is 0 Å². The minimum atomic E-state index is 0.0462. The molecule has 2 aliphatic rings. The number of fused-ring (bicyclic) bond motifs is 2. The summed E-state index contributed by atoms with van der Waals surface area (Å²) in [5.41, 5.74) is 9.20. The summed E-state index contributed by atoms with van der Waals surface area (Å²) >= 11 is 6.39. The van der Waals surface area contributed by atoms with Gasteiger partial charge in [0.25, 0.3) is 0 Å². The minimum absolute atomic E-state index is 0.0462. The Labute approximate surface area is 146 Å². The lowest BCUT2D eigenvalue weighted by atomic mass is 9.91. The molecule has 0 bridgehead atoms. The summed E-state index contributed by atoms with van der Waals surface area (Å²) in [6.07, 6.45) is 5.91. The molecule has 1 aliphatic heterocycles. The van der Waals surface area contributed by atoms with Crippen LogP contribution in [0.5, 0.6) is 0 Å². The lowest BCUT2D eigenvalue weighted by Crippen LogP contribution is -2.18. The highest BCUT2D eigenvalue weighted by Gasteiger charge is 2.28. The smallest absolute Gasteiger partial charge is 0.220 e. The van der Waals surface area contributed by atoms with Gasteiger partial charge in [0.2, 0.25) is 5.95 Å². The normalized spacial score (nSPS) is 17.2. The van der Waals surface area contributed by atoms with Crippen LogP contribution in [0.2, 0.25) is 0 Å². The van der Waals surface area contributed by atoms with Gasteiger partial charge in [-0.2, -0.15) is 0 Å². The van der Waals surface area contributed by atoms with E-state index in [1.807, 2.05) is 20.2 Å². The highest BCUT2D eigenvalue weighted by molar-refractivity contribution is 6.44. The largest absolute Gasteiger partial charge is 0.368 e. The number of aromatic nitrogens is 2. The first-order valence-electron chi connectivity index (χ1n) is 7.92. The third-order valence-corrected chi connectivity index (χ3v) is 4.48. The number of nitrogen functional groups attached to an aromatic ring is 1. The van der Waals surface area contributed by atoms with E-state index in [4.69, 9.17) is 22.3 Å². The molecule has 0 saturated heterocycles. The molecule has 126 valence electrons. The Morgan fingerprint density at radius 2 is 2.17 bits per heavy atom. The first kappa shape index (κ1) is 16.8. The molecule has 2 heterocycles. The maximum absolute atomic E-state index is 12.5. The summed E-state index contributed by atoms with van der Waals surface area (Å²) in [6, 6.07) is 0. The van der Waals surface area contributed by atoms with Gasteiger partial charge in [0.15, 0.2) is 5.78 Å². The third kappa shape index (κ3) is 3.39. The summed E-state index contributed by atoms with van der Waals surface area (Å²) < 4.78 is 0. The molecular weight excluding hydrogens is 326 g/mol. The number of carbonyl (C=O) groups is 1. The monoisotopic (exact) mass is 345 g/mol. The van der Waals surface area contributed by atoms with Crippen molar-refractivity contribution in [3.05, 3.63) is 34.1 Å². The Kier molecular flexibility index (Phi) is 4.78. The van der Waals surface area contributed by atoms with E-state index in [9.17, 15) is 4.79 Å².